The molecule has 1 atom stereocenters. The minimum atomic E-state index is -1.13. The molecule has 4 rings (SSSR count). The molecule has 0 saturated carbocycles. The number of anilines is 1. The highest BCUT2D eigenvalue weighted by molar-refractivity contribution is 6.07. The van der Waals surface area contributed by atoms with Gasteiger partial charge in [-0.1, -0.05) is 25.1 Å². The molecule has 0 radical (unpaired) electrons. The zero-order valence-corrected chi connectivity index (χ0v) is 19.0. The van der Waals surface area contributed by atoms with Gasteiger partial charge in [0.1, 0.15) is 11.4 Å². The second-order valence-corrected chi connectivity index (χ2v) is 8.68. The van der Waals surface area contributed by atoms with Crippen molar-refractivity contribution in [3.63, 3.8) is 0 Å². The van der Waals surface area contributed by atoms with E-state index in [4.69, 9.17) is 0 Å². The van der Waals surface area contributed by atoms with E-state index in [2.05, 4.69) is 40.4 Å². The minimum Gasteiger partial charge on any atom is -0.353 e. The van der Waals surface area contributed by atoms with Gasteiger partial charge in [-0.05, 0) is 55.5 Å². The second kappa shape index (κ2) is 8.26. The van der Waals surface area contributed by atoms with Crippen molar-refractivity contribution in [2.45, 2.75) is 39.7 Å². The summed E-state index contributed by atoms with van der Waals surface area (Å²) in [5.41, 5.74) is 3.29. The molecule has 3 heterocycles. The molecule has 2 saturated heterocycles. The van der Waals surface area contributed by atoms with Gasteiger partial charge in [-0.2, -0.15) is 0 Å². The fraction of sp³-hybridized carbons (Fsp3) is 0.417. The molecule has 1 aromatic heterocycles. The Morgan fingerprint density at radius 3 is 2.38 bits per heavy atom. The molecule has 0 spiro atoms. The number of aryl methyl sites for hydroxylation is 3. The van der Waals surface area contributed by atoms with Crippen LogP contribution in [0.1, 0.15) is 46.5 Å². The van der Waals surface area contributed by atoms with E-state index in [1.54, 1.807) is 25.1 Å². The lowest BCUT2D eigenvalue weighted by atomic mass is 9.89. The van der Waals surface area contributed by atoms with E-state index in [1.165, 1.54) is 5.56 Å². The van der Waals surface area contributed by atoms with Crippen LogP contribution in [0.5, 0.6) is 0 Å². The highest BCUT2D eigenvalue weighted by atomic mass is 16.2. The normalized spacial score (nSPS) is 20.9. The zero-order valence-electron chi connectivity index (χ0n) is 19.0. The summed E-state index contributed by atoms with van der Waals surface area (Å²) >= 11 is 0. The Balaban J connectivity index is 1.45. The number of nitrogens with zero attached hydrogens (tertiary/aromatic N) is 3. The van der Waals surface area contributed by atoms with E-state index < -0.39 is 17.5 Å². The van der Waals surface area contributed by atoms with Crippen molar-refractivity contribution in [3.05, 3.63) is 58.3 Å². The predicted molar refractivity (Wildman–Crippen MR) is 122 cm³/mol. The highest BCUT2D eigenvalue weighted by Crippen LogP contribution is 2.27. The van der Waals surface area contributed by atoms with Crippen LogP contribution in [0.2, 0.25) is 0 Å². The van der Waals surface area contributed by atoms with Crippen molar-refractivity contribution < 1.29 is 14.4 Å². The third-order valence-corrected chi connectivity index (χ3v) is 6.46. The SMILES string of the molecule is CCc1cnc(N2CCN(C(=O)c3ccc(C4(C)NC(=O)NC4=O)cc3C)CC2)c(C)c1. The smallest absolute Gasteiger partial charge is 0.322 e. The van der Waals surface area contributed by atoms with Crippen LogP contribution in [0.15, 0.2) is 30.5 Å². The van der Waals surface area contributed by atoms with Crippen LogP contribution in [-0.2, 0) is 16.8 Å². The fourth-order valence-electron chi connectivity index (χ4n) is 4.40. The molecule has 1 aromatic carbocycles. The number of carbonyl (C=O) groups is 3. The van der Waals surface area contributed by atoms with Crippen LogP contribution in [-0.4, -0.2) is 53.9 Å². The van der Waals surface area contributed by atoms with Gasteiger partial charge in [0, 0.05) is 37.9 Å². The van der Waals surface area contributed by atoms with E-state index in [0.29, 0.717) is 24.2 Å². The van der Waals surface area contributed by atoms with Gasteiger partial charge in [0.15, 0.2) is 0 Å². The minimum absolute atomic E-state index is 0.0234. The average molecular weight is 436 g/mol. The number of pyridine rings is 1. The van der Waals surface area contributed by atoms with E-state index in [0.717, 1.165) is 36.5 Å². The Morgan fingerprint density at radius 2 is 1.81 bits per heavy atom. The molecular weight excluding hydrogens is 406 g/mol. The second-order valence-electron chi connectivity index (χ2n) is 8.68. The summed E-state index contributed by atoms with van der Waals surface area (Å²) in [5.74, 6) is 0.567. The molecule has 0 aliphatic carbocycles. The number of imide groups is 1. The van der Waals surface area contributed by atoms with Crippen LogP contribution in [0.25, 0.3) is 0 Å². The van der Waals surface area contributed by atoms with Crippen molar-refractivity contribution in [1.29, 1.82) is 0 Å². The third-order valence-electron chi connectivity index (χ3n) is 6.46. The van der Waals surface area contributed by atoms with Crippen molar-refractivity contribution in [2.24, 2.45) is 0 Å². The van der Waals surface area contributed by atoms with E-state index in [-0.39, 0.29) is 5.91 Å². The summed E-state index contributed by atoms with van der Waals surface area (Å²) in [5, 5.41) is 4.93. The van der Waals surface area contributed by atoms with Gasteiger partial charge in [0.25, 0.3) is 11.8 Å². The molecular formula is C24H29N5O3. The Labute approximate surface area is 188 Å². The molecule has 2 fully saturated rings. The maximum atomic E-state index is 13.2. The number of piperazine rings is 1. The summed E-state index contributed by atoms with van der Waals surface area (Å²) in [6, 6.07) is 6.96. The van der Waals surface area contributed by atoms with Crippen molar-refractivity contribution >= 4 is 23.7 Å². The zero-order chi connectivity index (χ0) is 23.0. The molecule has 2 aromatic rings. The Kier molecular flexibility index (Phi) is 5.62. The Bertz CT molecular complexity index is 1090. The number of rotatable bonds is 4. The molecule has 2 N–H and O–H groups in total. The number of nitrogens with one attached hydrogen (secondary N) is 2. The van der Waals surface area contributed by atoms with Gasteiger partial charge in [-0.15, -0.1) is 0 Å². The molecule has 2 aliphatic heterocycles. The summed E-state index contributed by atoms with van der Waals surface area (Å²) < 4.78 is 0. The van der Waals surface area contributed by atoms with Crippen LogP contribution < -0.4 is 15.5 Å². The predicted octanol–water partition coefficient (Wildman–Crippen LogP) is 2.28. The summed E-state index contributed by atoms with van der Waals surface area (Å²) in [4.78, 5) is 45.7. The fourth-order valence-corrected chi connectivity index (χ4v) is 4.40. The largest absolute Gasteiger partial charge is 0.353 e. The maximum absolute atomic E-state index is 13.2. The number of aromatic nitrogens is 1. The van der Waals surface area contributed by atoms with Crippen molar-refractivity contribution in [1.82, 2.24) is 20.5 Å². The molecule has 168 valence electrons. The topological polar surface area (TPSA) is 94.6 Å². The van der Waals surface area contributed by atoms with E-state index in [9.17, 15) is 14.4 Å². The van der Waals surface area contributed by atoms with Gasteiger partial charge < -0.3 is 15.1 Å². The number of hydrogen-bond acceptors (Lipinski definition) is 5. The van der Waals surface area contributed by atoms with Crippen LogP contribution in [0, 0.1) is 13.8 Å². The van der Waals surface area contributed by atoms with Crippen molar-refractivity contribution in [3.8, 4) is 0 Å². The number of carbonyl (C=O) groups excluding carboxylic acids is 3. The third kappa shape index (κ3) is 3.81. The first-order valence-electron chi connectivity index (χ1n) is 11.0. The van der Waals surface area contributed by atoms with Crippen molar-refractivity contribution in [2.75, 3.05) is 31.1 Å². The summed E-state index contributed by atoms with van der Waals surface area (Å²) in [7, 11) is 0. The number of benzene rings is 1. The van der Waals surface area contributed by atoms with Gasteiger partial charge >= 0.3 is 6.03 Å². The molecule has 32 heavy (non-hydrogen) atoms. The highest BCUT2D eigenvalue weighted by Gasteiger charge is 2.43. The standard InChI is InChI=1S/C24H29N5O3/c1-5-17-12-16(3)20(25-14-17)28-8-10-29(11-9-28)21(30)19-7-6-18(13-15(19)2)24(4)22(31)26-23(32)27-24/h6-7,12-14H,5,8-11H2,1-4H3,(H2,26,27,31,32). The molecule has 4 amide bonds. The average Bonchev–Trinajstić information content (AvgIpc) is 3.05. The number of urea groups is 1. The van der Waals surface area contributed by atoms with E-state index >= 15 is 0 Å². The molecule has 0 bridgehead atoms. The summed E-state index contributed by atoms with van der Waals surface area (Å²) in [6.45, 7) is 10.4. The van der Waals surface area contributed by atoms with Gasteiger partial charge in [-0.3, -0.25) is 14.9 Å². The van der Waals surface area contributed by atoms with Crippen LogP contribution >= 0.6 is 0 Å². The monoisotopic (exact) mass is 435 g/mol. The summed E-state index contributed by atoms with van der Waals surface area (Å²) in [6.07, 6.45) is 2.89. The van der Waals surface area contributed by atoms with Gasteiger partial charge in [0.2, 0.25) is 0 Å². The Morgan fingerprint density at radius 1 is 1.09 bits per heavy atom. The first kappa shape index (κ1) is 21.8. The molecule has 1 unspecified atom stereocenters. The first-order chi connectivity index (χ1) is 15.2. The lowest BCUT2D eigenvalue weighted by molar-refractivity contribution is -0.123. The molecule has 8 heteroatoms. The van der Waals surface area contributed by atoms with Gasteiger partial charge in [0.05, 0.1) is 0 Å². The van der Waals surface area contributed by atoms with Crippen LogP contribution in [0.4, 0.5) is 10.6 Å². The molecule has 2 aliphatic rings. The molecule has 8 nitrogen and oxygen atoms in total. The quantitative estimate of drug-likeness (QED) is 0.719. The lowest BCUT2D eigenvalue weighted by Crippen LogP contribution is -2.49. The number of amides is 4. The van der Waals surface area contributed by atoms with E-state index in [1.807, 2.05) is 18.0 Å². The maximum Gasteiger partial charge on any atom is 0.322 e. The lowest BCUT2D eigenvalue weighted by Gasteiger charge is -2.36. The van der Waals surface area contributed by atoms with Crippen LogP contribution in [0.3, 0.4) is 0 Å². The Hall–Kier alpha value is -3.42. The number of hydrogen-bond donors (Lipinski definition) is 2. The van der Waals surface area contributed by atoms with Gasteiger partial charge in [-0.25, -0.2) is 9.78 Å². The first-order valence-corrected chi connectivity index (χ1v) is 11.0.